The monoisotopic (exact) mass is 345 g/mol. The first kappa shape index (κ1) is 17.0. The summed E-state index contributed by atoms with van der Waals surface area (Å²) < 4.78 is 23.5. The third kappa shape index (κ3) is 3.47. The number of nitrogens with one attached hydrogen (secondary N) is 1. The minimum atomic E-state index is -1.05. The van der Waals surface area contributed by atoms with Gasteiger partial charge in [-0.2, -0.15) is 0 Å². The molecule has 4 nitrogen and oxygen atoms in total. The smallest absolute Gasteiger partial charge is 0.161 e. The van der Waals surface area contributed by atoms with Crippen LogP contribution in [0.15, 0.2) is 41.3 Å². The van der Waals surface area contributed by atoms with Gasteiger partial charge in [-0.3, -0.25) is 4.21 Å². The second kappa shape index (κ2) is 7.36. The van der Waals surface area contributed by atoms with Crippen LogP contribution in [-0.2, 0) is 17.2 Å². The van der Waals surface area contributed by atoms with E-state index >= 15 is 0 Å². The molecule has 1 N–H and O–H groups in total. The van der Waals surface area contributed by atoms with E-state index < -0.39 is 10.8 Å². The van der Waals surface area contributed by atoms with Crippen molar-refractivity contribution in [2.45, 2.75) is 24.3 Å². The van der Waals surface area contributed by atoms with Crippen molar-refractivity contribution in [3.8, 4) is 11.5 Å². The summed E-state index contributed by atoms with van der Waals surface area (Å²) in [6.07, 6.45) is 0.934. The van der Waals surface area contributed by atoms with Crippen molar-refractivity contribution in [2.24, 2.45) is 0 Å². The van der Waals surface area contributed by atoms with Crippen molar-refractivity contribution in [3.63, 3.8) is 0 Å². The Hall–Kier alpha value is -1.85. The summed E-state index contributed by atoms with van der Waals surface area (Å²) in [7, 11) is 2.24. The topological polar surface area (TPSA) is 47.6 Å². The molecule has 0 saturated carbocycles. The Labute approximate surface area is 145 Å². The van der Waals surface area contributed by atoms with E-state index in [4.69, 9.17) is 9.47 Å². The van der Waals surface area contributed by atoms with E-state index in [1.807, 2.05) is 43.3 Å². The van der Waals surface area contributed by atoms with Crippen LogP contribution >= 0.6 is 0 Å². The zero-order valence-corrected chi connectivity index (χ0v) is 15.1. The molecule has 0 radical (unpaired) electrons. The third-order valence-corrected chi connectivity index (χ3v) is 5.84. The second-order valence-corrected chi connectivity index (χ2v) is 7.48. The zero-order valence-electron chi connectivity index (χ0n) is 14.3. The van der Waals surface area contributed by atoms with E-state index in [9.17, 15) is 4.21 Å². The van der Waals surface area contributed by atoms with Crippen LogP contribution in [0.2, 0.25) is 0 Å². The summed E-state index contributed by atoms with van der Waals surface area (Å²) in [5.74, 6) is 2.01. The van der Waals surface area contributed by atoms with Crippen LogP contribution in [0.4, 0.5) is 0 Å². The third-order valence-electron chi connectivity index (χ3n) is 4.41. The van der Waals surface area contributed by atoms with Crippen molar-refractivity contribution in [3.05, 3.63) is 53.1 Å². The molecule has 0 aromatic heterocycles. The molecule has 0 spiro atoms. The van der Waals surface area contributed by atoms with Crippen LogP contribution in [0.1, 0.15) is 22.7 Å². The van der Waals surface area contributed by atoms with E-state index in [0.29, 0.717) is 11.5 Å². The predicted octanol–water partition coefficient (Wildman–Crippen LogP) is 3.01. The second-order valence-electron chi connectivity index (χ2n) is 5.99. The highest BCUT2D eigenvalue weighted by Gasteiger charge is 2.24. The number of rotatable bonds is 5. The summed E-state index contributed by atoms with van der Waals surface area (Å²) in [5, 5.41) is 3.49. The highest BCUT2D eigenvalue weighted by molar-refractivity contribution is 7.85. The Morgan fingerprint density at radius 1 is 1.12 bits per heavy atom. The molecule has 5 heteroatoms. The number of methoxy groups -OCH3 is 2. The van der Waals surface area contributed by atoms with Gasteiger partial charge in [-0.1, -0.05) is 17.7 Å². The molecule has 3 rings (SSSR count). The minimum Gasteiger partial charge on any atom is -0.493 e. The number of benzene rings is 2. The van der Waals surface area contributed by atoms with Crippen LogP contribution in [0.5, 0.6) is 11.5 Å². The average molecular weight is 345 g/mol. The molecular formula is C19H23NO3S. The molecule has 0 aliphatic carbocycles. The van der Waals surface area contributed by atoms with Crippen molar-refractivity contribution < 1.29 is 13.7 Å². The van der Waals surface area contributed by atoms with Crippen LogP contribution < -0.4 is 14.8 Å². The molecule has 2 aromatic carbocycles. The molecule has 1 aliphatic rings. The van der Waals surface area contributed by atoms with Gasteiger partial charge in [-0.15, -0.1) is 0 Å². The van der Waals surface area contributed by atoms with Gasteiger partial charge in [0.2, 0.25) is 0 Å². The van der Waals surface area contributed by atoms with Crippen LogP contribution in [-0.4, -0.2) is 30.7 Å². The maximum atomic E-state index is 12.7. The van der Waals surface area contributed by atoms with E-state index in [1.54, 1.807) is 14.2 Å². The maximum Gasteiger partial charge on any atom is 0.161 e. The first-order chi connectivity index (χ1) is 11.6. The Balaban J connectivity index is 1.86. The number of hydrogen-bond donors (Lipinski definition) is 1. The molecule has 1 aliphatic heterocycles. The molecule has 0 unspecified atom stereocenters. The summed E-state index contributed by atoms with van der Waals surface area (Å²) in [4.78, 5) is 0.870. The van der Waals surface area contributed by atoms with E-state index in [2.05, 4.69) is 5.32 Å². The van der Waals surface area contributed by atoms with Crippen molar-refractivity contribution in [2.75, 3.05) is 26.5 Å². The van der Waals surface area contributed by atoms with Gasteiger partial charge in [0.15, 0.2) is 11.5 Å². The number of ether oxygens (including phenoxy) is 2. The van der Waals surface area contributed by atoms with Gasteiger partial charge in [0.05, 0.1) is 25.0 Å². The molecule has 2 aromatic rings. The minimum absolute atomic E-state index is 0.0516. The standard InChI is InChI=1S/C19H23NO3S/c1-13-4-6-15(7-5-13)24(21)12-17-16-11-19(23-3)18(22-2)10-14(16)8-9-20-17/h4-7,10-11,17,20H,8-9,12H2,1-3H3/t17-,24+/m0/s1. The molecule has 0 amide bonds. The summed E-state index contributed by atoms with van der Waals surface area (Å²) in [5.41, 5.74) is 3.56. The van der Waals surface area contributed by atoms with Crippen LogP contribution in [0.3, 0.4) is 0 Å². The highest BCUT2D eigenvalue weighted by Crippen LogP contribution is 2.35. The number of aryl methyl sites for hydroxylation is 1. The molecule has 1 heterocycles. The lowest BCUT2D eigenvalue weighted by atomic mass is 9.94. The molecule has 24 heavy (non-hydrogen) atoms. The van der Waals surface area contributed by atoms with Crippen LogP contribution in [0.25, 0.3) is 0 Å². The lowest BCUT2D eigenvalue weighted by Crippen LogP contribution is -2.33. The van der Waals surface area contributed by atoms with Gasteiger partial charge < -0.3 is 14.8 Å². The fourth-order valence-corrected chi connectivity index (χ4v) is 4.29. The van der Waals surface area contributed by atoms with Gasteiger partial charge >= 0.3 is 0 Å². The van der Waals surface area contributed by atoms with Crippen molar-refractivity contribution in [1.82, 2.24) is 5.32 Å². The quantitative estimate of drug-likeness (QED) is 0.905. The summed E-state index contributed by atoms with van der Waals surface area (Å²) in [6.45, 7) is 2.91. The summed E-state index contributed by atoms with van der Waals surface area (Å²) >= 11 is 0. The molecule has 128 valence electrons. The van der Waals surface area contributed by atoms with Gasteiger partial charge in [0.1, 0.15) is 0 Å². The van der Waals surface area contributed by atoms with Crippen molar-refractivity contribution in [1.29, 1.82) is 0 Å². The van der Waals surface area contributed by atoms with Gasteiger partial charge in [-0.25, -0.2) is 0 Å². The van der Waals surface area contributed by atoms with Gasteiger partial charge in [-0.05, 0) is 55.3 Å². The Kier molecular flexibility index (Phi) is 5.21. The largest absolute Gasteiger partial charge is 0.493 e. The first-order valence-corrected chi connectivity index (χ1v) is 9.37. The van der Waals surface area contributed by atoms with E-state index in [1.165, 1.54) is 11.1 Å². The number of hydrogen-bond acceptors (Lipinski definition) is 4. The lowest BCUT2D eigenvalue weighted by Gasteiger charge is -2.28. The fraction of sp³-hybridized carbons (Fsp3) is 0.368. The molecule has 0 bridgehead atoms. The zero-order chi connectivity index (χ0) is 17.1. The normalized spacial score (nSPS) is 17.9. The Morgan fingerprint density at radius 3 is 2.46 bits per heavy atom. The SMILES string of the molecule is COc1cc2c(cc1OC)[C@H](C[S@@](=O)c1ccc(C)cc1)NCC2. The van der Waals surface area contributed by atoms with E-state index in [-0.39, 0.29) is 6.04 Å². The maximum absolute atomic E-state index is 12.7. The van der Waals surface area contributed by atoms with E-state index in [0.717, 1.165) is 29.2 Å². The fourth-order valence-electron chi connectivity index (χ4n) is 3.06. The molecule has 0 fully saturated rings. The Bertz CT molecular complexity index is 743. The molecule has 0 saturated heterocycles. The first-order valence-electron chi connectivity index (χ1n) is 8.05. The van der Waals surface area contributed by atoms with Crippen LogP contribution in [0, 0.1) is 6.92 Å². The van der Waals surface area contributed by atoms with Gasteiger partial charge in [0.25, 0.3) is 0 Å². The predicted molar refractivity (Wildman–Crippen MR) is 96.4 cm³/mol. The van der Waals surface area contributed by atoms with Gasteiger partial charge in [0, 0.05) is 16.7 Å². The number of fused-ring (bicyclic) bond motifs is 1. The van der Waals surface area contributed by atoms with Crippen molar-refractivity contribution >= 4 is 10.8 Å². The average Bonchev–Trinajstić information content (AvgIpc) is 2.61. The Morgan fingerprint density at radius 2 is 1.79 bits per heavy atom. The summed E-state index contributed by atoms with van der Waals surface area (Å²) in [6, 6.07) is 12.0. The lowest BCUT2D eigenvalue weighted by molar-refractivity contribution is 0.352. The molecular weight excluding hydrogens is 322 g/mol. The highest BCUT2D eigenvalue weighted by atomic mass is 32.2. The molecule has 2 atom stereocenters.